The zero-order valence-electron chi connectivity index (χ0n) is 16.2. The van der Waals surface area contributed by atoms with E-state index in [0.717, 1.165) is 11.1 Å². The van der Waals surface area contributed by atoms with Crippen LogP contribution in [0, 0.1) is 0 Å². The number of carboxylic acid groups (broad SMARTS) is 1. The van der Waals surface area contributed by atoms with Gasteiger partial charge in [0.15, 0.2) is 5.82 Å². The summed E-state index contributed by atoms with van der Waals surface area (Å²) in [7, 11) is 0. The number of aromatic amines is 1. The van der Waals surface area contributed by atoms with Crippen molar-refractivity contribution in [1.82, 2.24) is 9.97 Å². The number of ether oxygens (including phenoxy) is 1. The Morgan fingerprint density at radius 2 is 1.90 bits per heavy atom. The average Bonchev–Trinajstić information content (AvgIpc) is 2.74. The highest BCUT2D eigenvalue weighted by atomic mass is 16.5. The van der Waals surface area contributed by atoms with Crippen LogP contribution in [-0.2, 0) is 4.79 Å². The maximum atomic E-state index is 12.1. The van der Waals surface area contributed by atoms with E-state index < -0.39 is 11.5 Å². The van der Waals surface area contributed by atoms with Gasteiger partial charge in [0, 0.05) is 5.69 Å². The van der Waals surface area contributed by atoms with Gasteiger partial charge in [0.05, 0.1) is 12.2 Å². The SMILES string of the molecule is CCOc1cc(-c2ccc(NCC(=O)O)cc2)ccc1-c1nc(NN)c(N)c(=O)[nH]1. The van der Waals surface area contributed by atoms with E-state index in [4.69, 9.17) is 21.4 Å². The first-order valence-corrected chi connectivity index (χ1v) is 9.12. The molecule has 0 unspecified atom stereocenters. The first kappa shape index (κ1) is 20.7. The molecule has 0 saturated carbocycles. The zero-order chi connectivity index (χ0) is 21.7. The number of hydrogen-bond acceptors (Lipinski definition) is 8. The Morgan fingerprint density at radius 1 is 1.20 bits per heavy atom. The fourth-order valence-electron chi connectivity index (χ4n) is 2.85. The van der Waals surface area contributed by atoms with E-state index in [-0.39, 0.29) is 23.9 Å². The maximum absolute atomic E-state index is 12.1. The second-order valence-electron chi connectivity index (χ2n) is 6.29. The molecular formula is C20H22N6O4. The van der Waals surface area contributed by atoms with Crippen LogP contribution in [0.4, 0.5) is 17.2 Å². The van der Waals surface area contributed by atoms with E-state index in [1.165, 1.54) is 0 Å². The van der Waals surface area contributed by atoms with Crippen molar-refractivity contribution in [3.8, 4) is 28.3 Å². The Morgan fingerprint density at radius 3 is 2.53 bits per heavy atom. The van der Waals surface area contributed by atoms with Gasteiger partial charge >= 0.3 is 5.97 Å². The van der Waals surface area contributed by atoms with Gasteiger partial charge < -0.3 is 31.3 Å². The second kappa shape index (κ2) is 8.97. The van der Waals surface area contributed by atoms with Gasteiger partial charge in [-0.15, -0.1) is 0 Å². The van der Waals surface area contributed by atoms with E-state index in [2.05, 4.69) is 20.7 Å². The molecule has 10 heteroatoms. The van der Waals surface area contributed by atoms with E-state index in [1.807, 2.05) is 31.2 Å². The van der Waals surface area contributed by atoms with Crippen molar-refractivity contribution in [3.63, 3.8) is 0 Å². The first-order valence-electron chi connectivity index (χ1n) is 9.12. The number of nitrogens with zero attached hydrogens (tertiary/aromatic N) is 1. The fraction of sp³-hybridized carbons (Fsp3) is 0.150. The highest BCUT2D eigenvalue weighted by Gasteiger charge is 2.14. The van der Waals surface area contributed by atoms with Gasteiger partial charge in [0.1, 0.15) is 23.8 Å². The van der Waals surface area contributed by atoms with Crippen LogP contribution in [0.5, 0.6) is 5.75 Å². The van der Waals surface area contributed by atoms with Crippen LogP contribution < -0.4 is 32.6 Å². The summed E-state index contributed by atoms with van der Waals surface area (Å²) < 4.78 is 5.76. The molecule has 3 rings (SSSR count). The highest BCUT2D eigenvalue weighted by molar-refractivity contribution is 5.76. The number of nitrogens with one attached hydrogen (secondary N) is 3. The Kier molecular flexibility index (Phi) is 6.18. The van der Waals surface area contributed by atoms with Crippen molar-refractivity contribution in [3.05, 3.63) is 52.8 Å². The van der Waals surface area contributed by atoms with Crippen molar-refractivity contribution < 1.29 is 14.6 Å². The topological polar surface area (TPSA) is 168 Å². The fourth-order valence-corrected chi connectivity index (χ4v) is 2.85. The summed E-state index contributed by atoms with van der Waals surface area (Å²) in [5, 5.41) is 11.6. The minimum atomic E-state index is -0.932. The van der Waals surface area contributed by atoms with Crippen LogP contribution in [0.2, 0.25) is 0 Å². The van der Waals surface area contributed by atoms with Crippen LogP contribution in [-0.4, -0.2) is 34.2 Å². The molecule has 156 valence electrons. The molecule has 0 fully saturated rings. The van der Waals surface area contributed by atoms with E-state index in [9.17, 15) is 9.59 Å². The zero-order valence-corrected chi connectivity index (χ0v) is 16.2. The molecular weight excluding hydrogens is 388 g/mol. The van der Waals surface area contributed by atoms with E-state index >= 15 is 0 Å². The number of rotatable bonds is 8. The van der Waals surface area contributed by atoms with Gasteiger partial charge in [-0.3, -0.25) is 9.59 Å². The molecule has 8 N–H and O–H groups in total. The Labute approximate surface area is 171 Å². The lowest BCUT2D eigenvalue weighted by Crippen LogP contribution is -2.20. The van der Waals surface area contributed by atoms with Crippen LogP contribution in [0.3, 0.4) is 0 Å². The predicted octanol–water partition coefficient (Wildman–Crippen LogP) is 1.87. The number of aromatic nitrogens is 2. The average molecular weight is 410 g/mol. The lowest BCUT2D eigenvalue weighted by molar-refractivity contribution is -0.134. The third-order valence-corrected chi connectivity index (χ3v) is 4.29. The quantitative estimate of drug-likeness (QED) is 0.240. The lowest BCUT2D eigenvalue weighted by atomic mass is 10.0. The second-order valence-corrected chi connectivity index (χ2v) is 6.29. The summed E-state index contributed by atoms with van der Waals surface area (Å²) >= 11 is 0. The van der Waals surface area contributed by atoms with Gasteiger partial charge in [-0.05, 0) is 42.3 Å². The van der Waals surface area contributed by atoms with Crippen molar-refractivity contribution in [1.29, 1.82) is 0 Å². The summed E-state index contributed by atoms with van der Waals surface area (Å²) in [5.74, 6) is 5.34. The molecule has 0 aliphatic carbocycles. The largest absolute Gasteiger partial charge is 0.493 e. The third-order valence-electron chi connectivity index (χ3n) is 4.29. The molecule has 0 bridgehead atoms. The number of hydrazine groups is 1. The molecule has 0 amide bonds. The number of aliphatic carboxylic acids is 1. The summed E-state index contributed by atoms with van der Waals surface area (Å²) in [6, 6.07) is 12.8. The number of nitrogens with two attached hydrogens (primary N) is 2. The van der Waals surface area contributed by atoms with Crippen molar-refractivity contribution >= 4 is 23.2 Å². The minimum Gasteiger partial charge on any atom is -0.493 e. The van der Waals surface area contributed by atoms with Gasteiger partial charge in [-0.25, -0.2) is 10.8 Å². The molecule has 1 aromatic heterocycles. The lowest BCUT2D eigenvalue weighted by Gasteiger charge is -2.13. The van der Waals surface area contributed by atoms with Gasteiger partial charge in [-0.1, -0.05) is 18.2 Å². The first-order chi connectivity index (χ1) is 14.4. The van der Waals surface area contributed by atoms with Crippen molar-refractivity contribution in [2.24, 2.45) is 5.84 Å². The van der Waals surface area contributed by atoms with Crippen LogP contribution >= 0.6 is 0 Å². The van der Waals surface area contributed by atoms with Gasteiger partial charge in [-0.2, -0.15) is 0 Å². The van der Waals surface area contributed by atoms with Gasteiger partial charge in [0.2, 0.25) is 0 Å². The number of anilines is 3. The number of benzene rings is 2. The van der Waals surface area contributed by atoms with Gasteiger partial charge in [0.25, 0.3) is 5.56 Å². The maximum Gasteiger partial charge on any atom is 0.322 e. The predicted molar refractivity (Wildman–Crippen MR) is 115 cm³/mol. The molecule has 0 aliphatic heterocycles. The number of H-pyrrole nitrogens is 1. The molecule has 0 spiro atoms. The normalized spacial score (nSPS) is 10.5. The molecule has 1 heterocycles. The third kappa shape index (κ3) is 4.50. The number of hydrogen-bond donors (Lipinski definition) is 6. The summed E-state index contributed by atoms with van der Waals surface area (Å²) in [6.45, 7) is 2.11. The van der Waals surface area contributed by atoms with Crippen molar-refractivity contribution in [2.75, 3.05) is 29.6 Å². The summed E-state index contributed by atoms with van der Waals surface area (Å²) in [6.07, 6.45) is 0. The standard InChI is InChI=1S/C20H22N6O4/c1-2-30-15-9-12(11-3-6-13(7-4-11)23-10-16(27)28)5-8-14(15)18-24-19(26-22)17(21)20(29)25-18/h3-9,23H,2,10,21-22H2,1H3,(H,27,28)(H2,24,25,26,29). The molecule has 0 radical (unpaired) electrons. The number of carbonyl (C=O) groups is 1. The highest BCUT2D eigenvalue weighted by Crippen LogP contribution is 2.33. The van der Waals surface area contributed by atoms with Crippen molar-refractivity contribution in [2.45, 2.75) is 6.92 Å². The molecule has 2 aromatic carbocycles. The summed E-state index contributed by atoms with van der Waals surface area (Å²) in [5.41, 5.74) is 10.4. The summed E-state index contributed by atoms with van der Waals surface area (Å²) in [4.78, 5) is 29.6. The van der Waals surface area contributed by atoms with E-state index in [1.54, 1.807) is 18.2 Å². The van der Waals surface area contributed by atoms with Crippen LogP contribution in [0.15, 0.2) is 47.3 Å². The molecule has 30 heavy (non-hydrogen) atoms. The molecule has 10 nitrogen and oxygen atoms in total. The van der Waals surface area contributed by atoms with Crippen LogP contribution in [0.25, 0.3) is 22.5 Å². The molecule has 0 saturated heterocycles. The molecule has 0 atom stereocenters. The minimum absolute atomic E-state index is 0.0738. The van der Waals surface area contributed by atoms with E-state index in [0.29, 0.717) is 23.6 Å². The Balaban J connectivity index is 1.97. The smallest absolute Gasteiger partial charge is 0.322 e. The molecule has 0 aliphatic rings. The Hall–Kier alpha value is -4.05. The number of nitrogen functional groups attached to an aromatic ring is 2. The van der Waals surface area contributed by atoms with Crippen LogP contribution in [0.1, 0.15) is 6.92 Å². The Bertz CT molecular complexity index is 1110. The molecule has 3 aromatic rings. The number of carboxylic acids is 1. The monoisotopic (exact) mass is 410 g/mol.